The largest absolute Gasteiger partial charge is 0.323 e. The lowest BCUT2D eigenvalue weighted by Crippen LogP contribution is -2.15. The normalized spacial score (nSPS) is 11.0. The van der Waals surface area contributed by atoms with Crippen LogP contribution in [0.1, 0.15) is 23.8 Å². The van der Waals surface area contributed by atoms with Gasteiger partial charge in [0, 0.05) is 28.6 Å². The van der Waals surface area contributed by atoms with E-state index in [1.807, 2.05) is 0 Å². The van der Waals surface area contributed by atoms with E-state index in [9.17, 15) is 4.79 Å². The molecule has 0 saturated carbocycles. The minimum absolute atomic E-state index is 0.162. The lowest BCUT2D eigenvalue weighted by Gasteiger charge is -2.09. The van der Waals surface area contributed by atoms with Crippen molar-refractivity contribution in [2.45, 2.75) is 38.9 Å². The molecule has 142 valence electrons. The third kappa shape index (κ3) is 4.51. The minimum atomic E-state index is -0.162. The second-order valence-electron chi connectivity index (χ2n) is 5.97. The van der Waals surface area contributed by atoms with Crippen LogP contribution in [0.2, 0.25) is 5.15 Å². The van der Waals surface area contributed by atoms with E-state index in [1.54, 1.807) is 29.7 Å². The fourth-order valence-corrected chi connectivity index (χ4v) is 4.34. The second kappa shape index (κ2) is 8.86. The molecule has 3 rings (SSSR count). The summed E-state index contributed by atoms with van der Waals surface area (Å²) in [6, 6.07) is 3.45. The van der Waals surface area contributed by atoms with Crippen LogP contribution in [-0.2, 0) is 11.3 Å². The Kier molecular flexibility index (Phi) is 6.51. The topological polar surface area (TPSA) is 72.7 Å². The smallest absolute Gasteiger partial charge is 0.234 e. The molecule has 0 bridgehead atoms. The SMILES string of the molecule is CCCn1c(SCC(=O)Nc2cccnc2Cl)nnc1-c1csc(C)c1C. The summed E-state index contributed by atoms with van der Waals surface area (Å²) in [5.41, 5.74) is 2.84. The van der Waals surface area contributed by atoms with Crippen LogP contribution in [0.5, 0.6) is 0 Å². The van der Waals surface area contributed by atoms with Crippen molar-refractivity contribution in [2.75, 3.05) is 11.1 Å². The third-order valence-corrected chi connectivity index (χ3v) is 6.34. The average Bonchev–Trinajstić information content (AvgIpc) is 3.19. The molecule has 0 aliphatic rings. The van der Waals surface area contributed by atoms with Crippen molar-refractivity contribution in [2.24, 2.45) is 0 Å². The Morgan fingerprint density at radius 2 is 2.19 bits per heavy atom. The van der Waals surface area contributed by atoms with Crippen LogP contribution in [-0.4, -0.2) is 31.4 Å². The minimum Gasteiger partial charge on any atom is -0.323 e. The molecule has 0 aliphatic carbocycles. The number of anilines is 1. The molecule has 0 aromatic carbocycles. The number of rotatable bonds is 7. The van der Waals surface area contributed by atoms with Gasteiger partial charge in [-0.15, -0.1) is 21.5 Å². The molecule has 1 N–H and O–H groups in total. The van der Waals surface area contributed by atoms with Crippen LogP contribution >= 0.6 is 34.7 Å². The number of hydrogen-bond donors (Lipinski definition) is 1. The summed E-state index contributed by atoms with van der Waals surface area (Å²) in [6.45, 7) is 7.12. The molecule has 6 nitrogen and oxygen atoms in total. The van der Waals surface area contributed by atoms with Crippen molar-refractivity contribution >= 4 is 46.3 Å². The van der Waals surface area contributed by atoms with Gasteiger partial charge in [-0.05, 0) is 38.0 Å². The van der Waals surface area contributed by atoms with Crippen LogP contribution in [0.4, 0.5) is 5.69 Å². The number of pyridine rings is 1. The summed E-state index contributed by atoms with van der Waals surface area (Å²) in [4.78, 5) is 17.5. The molecule has 0 fully saturated rings. The molecule has 0 aliphatic heterocycles. The number of aryl methyl sites for hydroxylation is 1. The van der Waals surface area contributed by atoms with Crippen LogP contribution < -0.4 is 5.32 Å². The molecule has 0 saturated heterocycles. The quantitative estimate of drug-likeness (QED) is 0.437. The van der Waals surface area contributed by atoms with Crippen LogP contribution in [0.25, 0.3) is 11.4 Å². The first-order chi connectivity index (χ1) is 13.0. The summed E-state index contributed by atoms with van der Waals surface area (Å²) in [6.07, 6.45) is 2.54. The van der Waals surface area contributed by atoms with Gasteiger partial charge in [0.25, 0.3) is 0 Å². The number of halogens is 1. The maximum Gasteiger partial charge on any atom is 0.234 e. The first-order valence-corrected chi connectivity index (χ1v) is 10.8. The van der Waals surface area contributed by atoms with Gasteiger partial charge in [0.15, 0.2) is 16.1 Å². The van der Waals surface area contributed by atoms with Crippen molar-refractivity contribution < 1.29 is 4.79 Å². The lowest BCUT2D eigenvalue weighted by molar-refractivity contribution is -0.113. The second-order valence-corrected chi connectivity index (χ2v) is 8.35. The van der Waals surface area contributed by atoms with E-state index in [0.29, 0.717) is 5.69 Å². The number of aromatic nitrogens is 4. The lowest BCUT2D eigenvalue weighted by atomic mass is 10.1. The molecule has 0 atom stereocenters. The maximum atomic E-state index is 12.3. The molecule has 3 aromatic rings. The Balaban J connectivity index is 1.74. The Bertz CT molecular complexity index is 953. The third-order valence-electron chi connectivity index (χ3n) is 4.06. The van der Waals surface area contributed by atoms with E-state index >= 15 is 0 Å². The molecule has 0 unspecified atom stereocenters. The number of nitrogens with zero attached hydrogens (tertiary/aromatic N) is 4. The first kappa shape index (κ1) is 19.9. The highest BCUT2D eigenvalue weighted by molar-refractivity contribution is 7.99. The number of amides is 1. The summed E-state index contributed by atoms with van der Waals surface area (Å²) in [7, 11) is 0. The van der Waals surface area contributed by atoms with Crippen molar-refractivity contribution in [3.63, 3.8) is 0 Å². The highest BCUT2D eigenvalue weighted by atomic mass is 35.5. The van der Waals surface area contributed by atoms with Gasteiger partial charge in [-0.2, -0.15) is 0 Å². The van der Waals surface area contributed by atoms with Crippen molar-refractivity contribution in [1.29, 1.82) is 0 Å². The molecule has 3 aromatic heterocycles. The maximum absolute atomic E-state index is 12.3. The van der Waals surface area contributed by atoms with E-state index < -0.39 is 0 Å². The van der Waals surface area contributed by atoms with Crippen LogP contribution in [0, 0.1) is 13.8 Å². The number of carbonyl (C=O) groups is 1. The Morgan fingerprint density at radius 1 is 1.37 bits per heavy atom. The molecule has 1 amide bonds. The average molecular weight is 422 g/mol. The Labute approximate surface area is 171 Å². The monoisotopic (exact) mass is 421 g/mol. The van der Waals surface area contributed by atoms with Crippen molar-refractivity contribution in [1.82, 2.24) is 19.7 Å². The van der Waals surface area contributed by atoms with Gasteiger partial charge in [0.1, 0.15) is 0 Å². The van der Waals surface area contributed by atoms with Gasteiger partial charge in [0.05, 0.1) is 11.4 Å². The molecule has 9 heteroatoms. The van der Waals surface area contributed by atoms with Gasteiger partial charge in [-0.3, -0.25) is 4.79 Å². The number of carbonyl (C=O) groups excluding carboxylic acids is 1. The number of thiophene rings is 1. The molecule has 3 heterocycles. The molecule has 0 radical (unpaired) electrons. The highest BCUT2D eigenvalue weighted by Crippen LogP contribution is 2.31. The number of thioether (sulfide) groups is 1. The van der Waals surface area contributed by atoms with Gasteiger partial charge in [0.2, 0.25) is 5.91 Å². The predicted octanol–water partition coefficient (Wildman–Crippen LogP) is 4.81. The fourth-order valence-electron chi connectivity index (χ4n) is 2.55. The number of hydrogen-bond acceptors (Lipinski definition) is 6. The van der Waals surface area contributed by atoms with E-state index in [-0.39, 0.29) is 16.8 Å². The summed E-state index contributed by atoms with van der Waals surface area (Å²) >= 11 is 9.06. The zero-order chi connectivity index (χ0) is 19.4. The number of nitrogens with one attached hydrogen (secondary N) is 1. The highest BCUT2D eigenvalue weighted by Gasteiger charge is 2.18. The van der Waals surface area contributed by atoms with E-state index in [1.165, 1.54) is 22.2 Å². The van der Waals surface area contributed by atoms with E-state index in [0.717, 1.165) is 29.5 Å². The van der Waals surface area contributed by atoms with Gasteiger partial charge in [-0.25, -0.2) is 4.98 Å². The summed E-state index contributed by atoms with van der Waals surface area (Å²) in [5, 5.41) is 14.6. The van der Waals surface area contributed by atoms with E-state index in [4.69, 9.17) is 11.6 Å². The summed E-state index contributed by atoms with van der Waals surface area (Å²) < 4.78 is 2.09. The zero-order valence-corrected chi connectivity index (χ0v) is 17.7. The van der Waals surface area contributed by atoms with Crippen LogP contribution in [0.15, 0.2) is 28.9 Å². The molecular weight excluding hydrogens is 402 g/mol. The molecule has 0 spiro atoms. The van der Waals surface area contributed by atoms with Crippen molar-refractivity contribution in [3.05, 3.63) is 39.3 Å². The first-order valence-electron chi connectivity index (χ1n) is 8.52. The predicted molar refractivity (Wildman–Crippen MR) is 112 cm³/mol. The van der Waals surface area contributed by atoms with Crippen LogP contribution in [0.3, 0.4) is 0 Å². The van der Waals surface area contributed by atoms with Gasteiger partial charge >= 0.3 is 0 Å². The standard InChI is InChI=1S/C18H20ClN5OS2/c1-4-8-24-17(13-9-26-12(3)11(13)2)22-23-18(24)27-10-15(25)21-14-6-5-7-20-16(14)19/h5-7,9H,4,8,10H2,1-3H3,(H,21,25). The van der Waals surface area contributed by atoms with Crippen molar-refractivity contribution in [3.8, 4) is 11.4 Å². The Morgan fingerprint density at radius 3 is 2.85 bits per heavy atom. The fraction of sp³-hybridized carbons (Fsp3) is 0.333. The Hall–Kier alpha value is -1.90. The zero-order valence-electron chi connectivity index (χ0n) is 15.3. The summed E-state index contributed by atoms with van der Waals surface area (Å²) in [5.74, 6) is 0.913. The van der Waals surface area contributed by atoms with Gasteiger partial charge < -0.3 is 9.88 Å². The molecular formula is C18H20ClN5OS2. The van der Waals surface area contributed by atoms with E-state index in [2.05, 4.69) is 51.2 Å². The molecule has 27 heavy (non-hydrogen) atoms. The van der Waals surface area contributed by atoms with Gasteiger partial charge in [-0.1, -0.05) is 30.3 Å².